The summed E-state index contributed by atoms with van der Waals surface area (Å²) in [7, 11) is 0. The number of aromatic nitrogens is 2. The molecule has 1 aromatic rings. The van der Waals surface area contributed by atoms with Crippen LogP contribution >= 0.6 is 35.9 Å². The van der Waals surface area contributed by atoms with E-state index >= 15 is 0 Å². The van der Waals surface area contributed by atoms with Crippen molar-refractivity contribution in [1.29, 1.82) is 0 Å². The molecule has 0 amide bonds. The summed E-state index contributed by atoms with van der Waals surface area (Å²) in [6, 6.07) is 0. The van der Waals surface area contributed by atoms with Gasteiger partial charge in [-0.3, -0.25) is 4.79 Å². The highest BCUT2D eigenvalue weighted by molar-refractivity contribution is 8.13. The van der Waals surface area contributed by atoms with Crippen LogP contribution in [0.4, 0.5) is 0 Å². The average molecular weight is 192 g/mol. The molecule has 0 saturated heterocycles. The van der Waals surface area contributed by atoms with Gasteiger partial charge in [0.15, 0.2) is 9.45 Å². The molecular formula is C4H4N2OS3. The van der Waals surface area contributed by atoms with Crippen LogP contribution in [0.2, 0.25) is 0 Å². The maximum Gasteiger partial charge on any atom is 0.208 e. The van der Waals surface area contributed by atoms with Crippen molar-refractivity contribution in [2.45, 2.75) is 16.4 Å². The predicted octanol–water partition coefficient (Wildman–Crippen LogP) is 1.47. The SMILES string of the molecule is CC(=O)Sc1nsc(S)n1. The molecule has 1 heterocycles. The van der Waals surface area contributed by atoms with E-state index in [4.69, 9.17) is 0 Å². The summed E-state index contributed by atoms with van der Waals surface area (Å²) in [5.74, 6) is 0. The van der Waals surface area contributed by atoms with Crippen LogP contribution < -0.4 is 0 Å². The Labute approximate surface area is 71.8 Å². The van der Waals surface area contributed by atoms with Gasteiger partial charge in [-0.1, -0.05) is 0 Å². The molecule has 3 nitrogen and oxygen atoms in total. The fourth-order valence-electron chi connectivity index (χ4n) is 0.373. The molecule has 0 N–H and O–H groups in total. The van der Waals surface area contributed by atoms with Crippen molar-refractivity contribution in [3.63, 3.8) is 0 Å². The lowest BCUT2D eigenvalue weighted by atomic mass is 10.9. The first-order chi connectivity index (χ1) is 4.68. The first-order valence-corrected chi connectivity index (χ1v) is 4.43. The van der Waals surface area contributed by atoms with Crippen molar-refractivity contribution in [1.82, 2.24) is 9.36 Å². The zero-order chi connectivity index (χ0) is 7.56. The van der Waals surface area contributed by atoms with E-state index in [2.05, 4.69) is 22.0 Å². The van der Waals surface area contributed by atoms with Gasteiger partial charge in [0.2, 0.25) is 5.16 Å². The van der Waals surface area contributed by atoms with Crippen LogP contribution in [0.3, 0.4) is 0 Å². The van der Waals surface area contributed by atoms with Crippen molar-refractivity contribution in [2.75, 3.05) is 0 Å². The number of thioether (sulfide) groups is 1. The molecule has 0 fully saturated rings. The number of hydrogen-bond acceptors (Lipinski definition) is 6. The fraction of sp³-hybridized carbons (Fsp3) is 0.250. The topological polar surface area (TPSA) is 42.9 Å². The summed E-state index contributed by atoms with van der Waals surface area (Å²) >= 11 is 6.14. The molecule has 0 radical (unpaired) electrons. The van der Waals surface area contributed by atoms with Crippen molar-refractivity contribution >= 4 is 41.0 Å². The van der Waals surface area contributed by atoms with Gasteiger partial charge in [-0.2, -0.15) is 4.37 Å². The molecule has 0 bridgehead atoms. The van der Waals surface area contributed by atoms with E-state index in [0.717, 1.165) is 11.8 Å². The van der Waals surface area contributed by atoms with Gasteiger partial charge in [0.05, 0.1) is 0 Å². The van der Waals surface area contributed by atoms with Crippen LogP contribution in [0.15, 0.2) is 9.50 Å². The Hall–Kier alpha value is -0.0700. The molecule has 10 heavy (non-hydrogen) atoms. The maximum absolute atomic E-state index is 10.5. The third kappa shape index (κ3) is 2.28. The van der Waals surface area contributed by atoms with Gasteiger partial charge in [-0.25, -0.2) is 4.98 Å². The largest absolute Gasteiger partial charge is 0.287 e. The highest BCUT2D eigenvalue weighted by Gasteiger charge is 2.03. The third-order valence-electron chi connectivity index (χ3n) is 0.632. The minimum atomic E-state index is -0.00821. The summed E-state index contributed by atoms with van der Waals surface area (Å²) < 4.78 is 4.44. The Balaban J connectivity index is 2.67. The summed E-state index contributed by atoms with van der Waals surface area (Å²) in [4.78, 5) is 14.3. The second-order valence-electron chi connectivity index (χ2n) is 1.45. The molecule has 54 valence electrons. The smallest absolute Gasteiger partial charge is 0.208 e. The number of carbonyl (C=O) groups is 1. The summed E-state index contributed by atoms with van der Waals surface area (Å²) in [6.45, 7) is 1.48. The molecule has 1 rings (SSSR count). The first-order valence-electron chi connectivity index (χ1n) is 2.39. The standard InChI is InChI=1S/C4H4N2OS3/c1-2(7)9-3-5-4(8)10-6-3/h1H3,(H,5,6,8). The molecule has 0 saturated carbocycles. The first kappa shape index (κ1) is 8.03. The number of hydrogen-bond donors (Lipinski definition) is 1. The fourth-order valence-corrected chi connectivity index (χ4v) is 1.70. The van der Waals surface area contributed by atoms with Crippen molar-refractivity contribution in [3.05, 3.63) is 0 Å². The van der Waals surface area contributed by atoms with Gasteiger partial charge in [0.1, 0.15) is 0 Å². The van der Waals surface area contributed by atoms with E-state index in [1.165, 1.54) is 18.5 Å². The Morgan fingerprint density at radius 1 is 1.80 bits per heavy atom. The van der Waals surface area contributed by atoms with Gasteiger partial charge >= 0.3 is 0 Å². The average Bonchev–Trinajstić information content (AvgIpc) is 2.13. The molecule has 1 aromatic heterocycles. The van der Waals surface area contributed by atoms with E-state index in [0.29, 0.717) is 9.50 Å². The Morgan fingerprint density at radius 2 is 2.50 bits per heavy atom. The van der Waals surface area contributed by atoms with Gasteiger partial charge in [0, 0.05) is 6.92 Å². The normalized spacial score (nSPS) is 9.80. The van der Waals surface area contributed by atoms with E-state index in [1.807, 2.05) is 0 Å². The monoisotopic (exact) mass is 192 g/mol. The zero-order valence-electron chi connectivity index (χ0n) is 5.07. The van der Waals surface area contributed by atoms with E-state index in [9.17, 15) is 4.79 Å². The van der Waals surface area contributed by atoms with E-state index < -0.39 is 0 Å². The summed E-state index contributed by atoms with van der Waals surface area (Å²) in [5.41, 5.74) is 0. The molecular weight excluding hydrogens is 188 g/mol. The van der Waals surface area contributed by atoms with Crippen molar-refractivity contribution < 1.29 is 4.79 Å². The zero-order valence-corrected chi connectivity index (χ0v) is 7.59. The van der Waals surface area contributed by atoms with Gasteiger partial charge < -0.3 is 0 Å². The molecule has 0 aliphatic carbocycles. The van der Waals surface area contributed by atoms with Crippen molar-refractivity contribution in [2.24, 2.45) is 0 Å². The minimum Gasteiger partial charge on any atom is -0.287 e. The van der Waals surface area contributed by atoms with Crippen LogP contribution in [-0.4, -0.2) is 14.5 Å². The molecule has 0 unspecified atom stereocenters. The van der Waals surface area contributed by atoms with Crippen LogP contribution in [-0.2, 0) is 4.79 Å². The van der Waals surface area contributed by atoms with E-state index in [-0.39, 0.29) is 5.12 Å². The molecule has 0 aliphatic rings. The van der Waals surface area contributed by atoms with Crippen molar-refractivity contribution in [3.8, 4) is 0 Å². The predicted molar refractivity (Wildman–Crippen MR) is 43.7 cm³/mol. The Morgan fingerprint density at radius 3 is 2.90 bits per heavy atom. The van der Waals surface area contributed by atoms with E-state index in [1.54, 1.807) is 0 Å². The minimum absolute atomic E-state index is 0.00821. The third-order valence-corrected chi connectivity index (χ3v) is 2.26. The number of carbonyl (C=O) groups excluding carboxylic acids is 1. The second kappa shape index (κ2) is 3.36. The van der Waals surface area contributed by atoms with Crippen LogP contribution in [0.5, 0.6) is 0 Å². The maximum atomic E-state index is 10.5. The lowest BCUT2D eigenvalue weighted by molar-refractivity contribution is -0.109. The highest BCUT2D eigenvalue weighted by Crippen LogP contribution is 2.18. The molecule has 0 spiro atoms. The lowest BCUT2D eigenvalue weighted by Crippen LogP contribution is -1.81. The van der Waals surface area contributed by atoms with Crippen LogP contribution in [0.25, 0.3) is 0 Å². The molecule has 0 aliphatic heterocycles. The van der Waals surface area contributed by atoms with Gasteiger partial charge in [-0.05, 0) is 23.3 Å². The highest BCUT2D eigenvalue weighted by atomic mass is 32.2. The van der Waals surface area contributed by atoms with Crippen LogP contribution in [0, 0.1) is 0 Å². The van der Waals surface area contributed by atoms with Gasteiger partial charge in [-0.15, -0.1) is 12.6 Å². The second-order valence-corrected chi connectivity index (χ2v) is 4.08. The number of thiol groups is 1. The molecule has 6 heteroatoms. The molecule has 0 atom stereocenters. The molecule has 0 aromatic carbocycles. The summed E-state index contributed by atoms with van der Waals surface area (Å²) in [5, 5.41) is 0.480. The Kier molecular flexibility index (Phi) is 2.70. The quantitative estimate of drug-likeness (QED) is 0.540. The number of nitrogens with zero attached hydrogens (tertiary/aromatic N) is 2. The lowest BCUT2D eigenvalue weighted by Gasteiger charge is -1.83. The summed E-state index contributed by atoms with van der Waals surface area (Å²) in [6.07, 6.45) is 0. The Bertz CT molecular complexity index is 246. The number of rotatable bonds is 1. The van der Waals surface area contributed by atoms with Gasteiger partial charge in [0.25, 0.3) is 0 Å². The van der Waals surface area contributed by atoms with Crippen LogP contribution in [0.1, 0.15) is 6.92 Å².